The molecule has 9 nitrogen and oxygen atoms in total. The van der Waals surface area contributed by atoms with Gasteiger partial charge in [-0.3, -0.25) is 13.9 Å². The largest absolute Gasteiger partial charge is 0.506 e. The van der Waals surface area contributed by atoms with Crippen molar-refractivity contribution in [1.29, 1.82) is 0 Å². The van der Waals surface area contributed by atoms with Gasteiger partial charge in [-0.05, 0) is 43.4 Å². The zero-order valence-electron chi connectivity index (χ0n) is 16.6. The van der Waals surface area contributed by atoms with Gasteiger partial charge < -0.3 is 14.8 Å². The minimum atomic E-state index is -1.24. The first kappa shape index (κ1) is 18.4. The maximum atomic E-state index is 13.0. The van der Waals surface area contributed by atoms with Crippen molar-refractivity contribution < 1.29 is 14.6 Å². The fraction of sp³-hybridized carbons (Fsp3) is 0.700. The predicted octanol–water partition coefficient (Wildman–Crippen LogP) is 2.14. The molecule has 2 N–H and O–H groups in total. The number of nitrogens with zero attached hydrogens (tertiary/aromatic N) is 3. The number of hydrogen-bond donors (Lipinski definition) is 2. The van der Waals surface area contributed by atoms with Crippen molar-refractivity contribution in [2.24, 2.45) is 23.7 Å². The molecule has 6 unspecified atom stereocenters. The van der Waals surface area contributed by atoms with Crippen molar-refractivity contribution in [2.45, 2.75) is 64.6 Å². The van der Waals surface area contributed by atoms with Crippen molar-refractivity contribution in [3.63, 3.8) is 0 Å². The van der Waals surface area contributed by atoms with E-state index in [1.54, 1.807) is 4.57 Å². The lowest BCUT2D eigenvalue weighted by Crippen LogP contribution is -2.40. The number of H-pyrrole nitrogens is 1. The van der Waals surface area contributed by atoms with Crippen LogP contribution in [0.5, 0.6) is 0 Å². The van der Waals surface area contributed by atoms with Gasteiger partial charge in [0.05, 0.1) is 0 Å². The molecule has 2 aromatic heterocycles. The average Bonchev–Trinajstić information content (AvgIpc) is 3.04. The van der Waals surface area contributed by atoms with Crippen molar-refractivity contribution in [2.75, 3.05) is 0 Å². The first-order valence-corrected chi connectivity index (χ1v) is 10.6. The third-order valence-electron chi connectivity index (χ3n) is 7.14. The predicted molar refractivity (Wildman–Crippen MR) is 104 cm³/mol. The van der Waals surface area contributed by atoms with E-state index in [1.807, 2.05) is 13.8 Å². The van der Waals surface area contributed by atoms with E-state index < -0.39 is 6.16 Å². The lowest BCUT2D eigenvalue weighted by atomic mass is 9.75. The van der Waals surface area contributed by atoms with Crippen molar-refractivity contribution >= 4 is 17.3 Å². The highest BCUT2D eigenvalue weighted by Gasteiger charge is 2.69. The van der Waals surface area contributed by atoms with Crippen LogP contribution in [-0.4, -0.2) is 36.5 Å². The number of rotatable bonds is 6. The lowest BCUT2D eigenvalue weighted by Gasteiger charge is -2.35. The second kappa shape index (κ2) is 6.47. The molecule has 4 fully saturated rings. The Balaban J connectivity index is 1.61. The average molecular weight is 402 g/mol. The molecule has 4 aliphatic carbocycles. The van der Waals surface area contributed by atoms with Gasteiger partial charge in [0.25, 0.3) is 5.56 Å². The molecular weight excluding hydrogens is 376 g/mol. The molecule has 29 heavy (non-hydrogen) atoms. The molecule has 0 spiro atoms. The standard InChI is InChI=1S/C20H26N4O5/c1-3-5-23-17-15(18(25)24(6-4-2)19(23)26)21-16(22-17)14-11-7-9-10(13(9)14)8-12(11)29-20(27)28/h9-14H,3-8H2,1-2H3,(H,21,22)(H,27,28). The Hall–Kier alpha value is -2.58. The molecule has 0 aromatic carbocycles. The van der Waals surface area contributed by atoms with Crippen LogP contribution in [0.1, 0.15) is 51.3 Å². The van der Waals surface area contributed by atoms with Gasteiger partial charge >= 0.3 is 11.8 Å². The number of imidazole rings is 1. The molecule has 0 aliphatic heterocycles. The van der Waals surface area contributed by atoms with E-state index in [1.165, 1.54) is 4.57 Å². The number of fused-ring (bicyclic) bond motifs is 2. The summed E-state index contributed by atoms with van der Waals surface area (Å²) in [4.78, 5) is 44.9. The Morgan fingerprint density at radius 1 is 1.14 bits per heavy atom. The maximum Gasteiger partial charge on any atom is 0.506 e. The van der Waals surface area contributed by atoms with E-state index in [0.29, 0.717) is 54.3 Å². The van der Waals surface area contributed by atoms with E-state index in [0.717, 1.165) is 19.3 Å². The minimum Gasteiger partial charge on any atom is -0.450 e. The second-order valence-electron chi connectivity index (χ2n) is 8.70. The lowest BCUT2D eigenvalue weighted by molar-refractivity contribution is -0.0100. The molecule has 2 aromatic rings. The SMILES string of the molecule is CCCn1c(=O)c2[nH]c(C3C4CC5C(CC4OC(=O)O)C53)nc2n(CCC)c1=O. The van der Waals surface area contributed by atoms with Crippen LogP contribution in [0.25, 0.3) is 11.2 Å². The number of nitrogens with one attached hydrogen (secondary N) is 1. The number of aromatic nitrogens is 4. The number of ether oxygens (including phenoxy) is 1. The smallest absolute Gasteiger partial charge is 0.450 e. The van der Waals surface area contributed by atoms with Gasteiger partial charge in [-0.2, -0.15) is 0 Å². The molecule has 0 saturated heterocycles. The van der Waals surface area contributed by atoms with Gasteiger partial charge in [0.15, 0.2) is 5.65 Å². The van der Waals surface area contributed by atoms with Crippen molar-refractivity contribution in [1.82, 2.24) is 19.1 Å². The number of aryl methyl sites for hydroxylation is 1. The molecule has 9 heteroatoms. The summed E-state index contributed by atoms with van der Waals surface area (Å²) in [6.45, 7) is 4.79. The van der Waals surface area contributed by atoms with Gasteiger partial charge in [-0.15, -0.1) is 0 Å². The fourth-order valence-electron chi connectivity index (χ4n) is 6.08. The van der Waals surface area contributed by atoms with Gasteiger partial charge in [0.2, 0.25) is 0 Å². The Bertz CT molecular complexity index is 1100. The van der Waals surface area contributed by atoms with Crippen LogP contribution in [0.4, 0.5) is 4.79 Å². The quantitative estimate of drug-likeness (QED) is 0.715. The van der Waals surface area contributed by atoms with E-state index in [9.17, 15) is 14.4 Å². The number of aromatic amines is 1. The summed E-state index contributed by atoms with van der Waals surface area (Å²) < 4.78 is 8.06. The molecule has 4 aliphatic rings. The van der Waals surface area contributed by atoms with Gasteiger partial charge in [-0.1, -0.05) is 13.8 Å². The third-order valence-corrected chi connectivity index (χ3v) is 7.14. The van der Waals surface area contributed by atoms with E-state index in [-0.39, 0.29) is 29.2 Å². The molecular formula is C20H26N4O5. The van der Waals surface area contributed by atoms with Crippen LogP contribution in [0.3, 0.4) is 0 Å². The van der Waals surface area contributed by atoms with Crippen molar-refractivity contribution in [3.05, 3.63) is 26.7 Å². The molecule has 156 valence electrons. The van der Waals surface area contributed by atoms with E-state index >= 15 is 0 Å². The summed E-state index contributed by atoms with van der Waals surface area (Å²) in [5.41, 5.74) is 0.150. The minimum absolute atomic E-state index is 0.0553. The first-order chi connectivity index (χ1) is 14.0. The second-order valence-corrected chi connectivity index (χ2v) is 8.70. The summed E-state index contributed by atoms with van der Waals surface area (Å²) in [5.74, 6) is 2.38. The Labute approximate surface area is 166 Å². The van der Waals surface area contributed by atoms with Gasteiger partial charge in [0, 0.05) is 24.9 Å². The zero-order chi connectivity index (χ0) is 20.4. The van der Waals surface area contributed by atoms with Crippen LogP contribution < -0.4 is 11.2 Å². The highest BCUT2D eigenvalue weighted by molar-refractivity contribution is 5.70. The van der Waals surface area contributed by atoms with E-state index in [2.05, 4.69) is 4.98 Å². The van der Waals surface area contributed by atoms with Crippen LogP contribution in [0.15, 0.2) is 9.59 Å². The summed E-state index contributed by atoms with van der Waals surface area (Å²) in [6.07, 6.45) is 1.62. The molecule has 2 heterocycles. The Morgan fingerprint density at radius 2 is 1.83 bits per heavy atom. The highest BCUT2D eigenvalue weighted by Crippen LogP contribution is 2.72. The molecule has 4 saturated carbocycles. The van der Waals surface area contributed by atoms with Crippen LogP contribution in [0.2, 0.25) is 0 Å². The summed E-state index contributed by atoms with van der Waals surface area (Å²) >= 11 is 0. The van der Waals surface area contributed by atoms with Crippen LogP contribution in [0, 0.1) is 23.7 Å². The number of hydrogen-bond acceptors (Lipinski definition) is 5. The molecule has 0 amide bonds. The summed E-state index contributed by atoms with van der Waals surface area (Å²) in [7, 11) is 0. The molecule has 0 radical (unpaired) electrons. The Kier molecular flexibility index (Phi) is 4.11. The van der Waals surface area contributed by atoms with Crippen molar-refractivity contribution in [3.8, 4) is 0 Å². The van der Waals surface area contributed by atoms with E-state index in [4.69, 9.17) is 14.8 Å². The van der Waals surface area contributed by atoms with Crippen LogP contribution >= 0.6 is 0 Å². The monoisotopic (exact) mass is 402 g/mol. The normalized spacial score (nSPS) is 31.9. The molecule has 4 bridgehead atoms. The fourth-order valence-corrected chi connectivity index (χ4v) is 6.08. The third kappa shape index (κ3) is 2.59. The summed E-state index contributed by atoms with van der Waals surface area (Å²) in [5, 5.41) is 9.09. The van der Waals surface area contributed by atoms with Gasteiger partial charge in [-0.25, -0.2) is 14.6 Å². The van der Waals surface area contributed by atoms with Crippen LogP contribution in [-0.2, 0) is 17.8 Å². The molecule has 6 rings (SSSR count). The number of carboxylic acid groups (broad SMARTS) is 1. The Morgan fingerprint density at radius 3 is 2.48 bits per heavy atom. The summed E-state index contributed by atoms with van der Waals surface area (Å²) in [6, 6.07) is 0. The molecule has 6 atom stereocenters. The topological polar surface area (TPSA) is 119 Å². The maximum absolute atomic E-state index is 13.0. The van der Waals surface area contributed by atoms with Gasteiger partial charge in [0.1, 0.15) is 17.4 Å². The zero-order valence-corrected chi connectivity index (χ0v) is 16.6. The highest BCUT2D eigenvalue weighted by atomic mass is 16.7. The first-order valence-electron chi connectivity index (χ1n) is 10.6. The number of carbonyl (C=O) groups is 1.